The highest BCUT2D eigenvalue weighted by Crippen LogP contribution is 2.31. The van der Waals surface area contributed by atoms with E-state index in [9.17, 15) is 8.42 Å². The van der Waals surface area contributed by atoms with Gasteiger partial charge in [-0.3, -0.25) is 0 Å². The van der Waals surface area contributed by atoms with Crippen molar-refractivity contribution >= 4 is 10.2 Å². The second-order valence-electron chi connectivity index (χ2n) is 4.17. The summed E-state index contributed by atoms with van der Waals surface area (Å²) in [5, 5.41) is 9.08. The average Bonchev–Trinajstić information content (AvgIpc) is 1.94. The molecule has 0 radical (unpaired) electrons. The zero-order chi connectivity index (χ0) is 10.8. The minimum Gasteiger partial charge on any atom is -0.394 e. The van der Waals surface area contributed by atoms with E-state index in [4.69, 9.17) is 5.11 Å². The van der Waals surface area contributed by atoms with Gasteiger partial charge in [-0.15, -0.1) is 0 Å². The summed E-state index contributed by atoms with van der Waals surface area (Å²) >= 11 is 0. The van der Waals surface area contributed by atoms with Crippen LogP contribution in [0.5, 0.6) is 0 Å². The molecule has 6 heteroatoms. The molecule has 0 unspecified atom stereocenters. The predicted octanol–water partition coefficient (Wildman–Crippen LogP) is -0.266. The minimum atomic E-state index is -3.47. The van der Waals surface area contributed by atoms with Crippen molar-refractivity contribution in [2.45, 2.75) is 44.7 Å². The van der Waals surface area contributed by atoms with Crippen LogP contribution in [0, 0.1) is 0 Å². The van der Waals surface area contributed by atoms with Crippen molar-refractivity contribution in [1.29, 1.82) is 0 Å². The van der Waals surface area contributed by atoms with E-state index in [2.05, 4.69) is 9.44 Å². The molecule has 0 saturated heterocycles. The molecule has 3 N–H and O–H groups in total. The highest BCUT2D eigenvalue weighted by molar-refractivity contribution is 7.87. The normalized spacial score (nSPS) is 20.9. The minimum absolute atomic E-state index is 0.133. The van der Waals surface area contributed by atoms with Gasteiger partial charge >= 0.3 is 0 Å². The molecule has 1 aliphatic rings. The van der Waals surface area contributed by atoms with Crippen molar-refractivity contribution in [2.75, 3.05) is 6.61 Å². The van der Waals surface area contributed by atoms with E-state index in [0.717, 1.165) is 6.42 Å². The quantitative estimate of drug-likeness (QED) is 0.599. The van der Waals surface area contributed by atoms with Crippen LogP contribution >= 0.6 is 0 Å². The van der Waals surface area contributed by atoms with Crippen LogP contribution < -0.4 is 9.44 Å². The average molecular weight is 222 g/mol. The van der Waals surface area contributed by atoms with Crippen LogP contribution in [0.1, 0.15) is 33.1 Å². The monoisotopic (exact) mass is 222 g/mol. The van der Waals surface area contributed by atoms with E-state index >= 15 is 0 Å². The van der Waals surface area contributed by atoms with Crippen molar-refractivity contribution in [3.63, 3.8) is 0 Å². The van der Waals surface area contributed by atoms with Gasteiger partial charge in [-0.2, -0.15) is 17.9 Å². The fourth-order valence-electron chi connectivity index (χ4n) is 1.52. The molecule has 1 saturated carbocycles. The number of aliphatic hydroxyl groups is 1. The van der Waals surface area contributed by atoms with Crippen molar-refractivity contribution in [3.05, 3.63) is 0 Å². The third-order valence-corrected chi connectivity index (χ3v) is 3.84. The van der Waals surface area contributed by atoms with Crippen LogP contribution in [0.25, 0.3) is 0 Å². The molecular formula is C8H18N2O3S. The Bertz CT molecular complexity index is 277. The molecule has 84 valence electrons. The van der Waals surface area contributed by atoms with Gasteiger partial charge in [0.05, 0.1) is 12.1 Å². The molecule has 1 rings (SSSR count). The van der Waals surface area contributed by atoms with Gasteiger partial charge in [-0.25, -0.2) is 0 Å². The maximum absolute atomic E-state index is 11.5. The van der Waals surface area contributed by atoms with Gasteiger partial charge in [0, 0.05) is 6.04 Å². The van der Waals surface area contributed by atoms with Gasteiger partial charge in [0.15, 0.2) is 0 Å². The van der Waals surface area contributed by atoms with Crippen LogP contribution in [0.3, 0.4) is 0 Å². The summed E-state index contributed by atoms with van der Waals surface area (Å²) in [6, 6.07) is -0.136. The van der Waals surface area contributed by atoms with Crippen LogP contribution in [0.2, 0.25) is 0 Å². The van der Waals surface area contributed by atoms with Gasteiger partial charge < -0.3 is 5.11 Å². The highest BCUT2D eigenvalue weighted by Gasteiger charge is 2.39. The predicted molar refractivity (Wildman–Crippen MR) is 54.0 cm³/mol. The second kappa shape index (κ2) is 4.14. The summed E-state index contributed by atoms with van der Waals surface area (Å²) in [7, 11) is -3.47. The first-order chi connectivity index (χ1) is 6.39. The molecule has 0 atom stereocenters. The first kappa shape index (κ1) is 11.9. The number of hydrogen-bond acceptors (Lipinski definition) is 3. The molecule has 1 aliphatic carbocycles. The fourth-order valence-corrected chi connectivity index (χ4v) is 3.04. The smallest absolute Gasteiger partial charge is 0.277 e. The van der Waals surface area contributed by atoms with E-state index in [1.165, 1.54) is 0 Å². The Hall–Kier alpha value is -0.170. The fraction of sp³-hybridized carbons (Fsp3) is 1.00. The maximum atomic E-state index is 11.5. The third-order valence-electron chi connectivity index (χ3n) is 2.36. The van der Waals surface area contributed by atoms with E-state index in [-0.39, 0.29) is 12.6 Å². The summed E-state index contributed by atoms with van der Waals surface area (Å²) in [6.45, 7) is 3.38. The number of hydrogen-bond donors (Lipinski definition) is 3. The van der Waals surface area contributed by atoms with Crippen LogP contribution in [-0.2, 0) is 10.2 Å². The molecule has 0 aromatic heterocycles. The third kappa shape index (κ3) is 2.91. The maximum Gasteiger partial charge on any atom is 0.277 e. The zero-order valence-corrected chi connectivity index (χ0v) is 9.39. The summed E-state index contributed by atoms with van der Waals surface area (Å²) in [5.74, 6) is 0. The molecule has 0 aliphatic heterocycles. The van der Waals surface area contributed by atoms with E-state index in [0.29, 0.717) is 12.8 Å². The Kier molecular flexibility index (Phi) is 3.52. The molecule has 0 aromatic rings. The molecule has 0 aromatic carbocycles. The zero-order valence-electron chi connectivity index (χ0n) is 8.58. The number of aliphatic hydroxyl groups excluding tert-OH is 1. The van der Waals surface area contributed by atoms with E-state index in [1.54, 1.807) is 13.8 Å². The van der Waals surface area contributed by atoms with Crippen LogP contribution in [0.15, 0.2) is 0 Å². The molecule has 0 amide bonds. The van der Waals surface area contributed by atoms with E-state index < -0.39 is 15.7 Å². The lowest BCUT2D eigenvalue weighted by Crippen LogP contribution is -2.59. The lowest BCUT2D eigenvalue weighted by atomic mass is 9.78. The van der Waals surface area contributed by atoms with Crippen molar-refractivity contribution in [2.24, 2.45) is 0 Å². The summed E-state index contributed by atoms with van der Waals surface area (Å²) < 4.78 is 27.9. The van der Waals surface area contributed by atoms with Gasteiger partial charge in [-0.1, -0.05) is 0 Å². The van der Waals surface area contributed by atoms with Crippen molar-refractivity contribution < 1.29 is 13.5 Å². The first-order valence-electron chi connectivity index (χ1n) is 4.81. The van der Waals surface area contributed by atoms with E-state index in [1.807, 2.05) is 0 Å². The Morgan fingerprint density at radius 1 is 1.43 bits per heavy atom. The highest BCUT2D eigenvalue weighted by atomic mass is 32.2. The number of nitrogens with one attached hydrogen (secondary N) is 2. The Balaban J connectivity index is 2.58. The second-order valence-corrected chi connectivity index (χ2v) is 5.62. The Labute approximate surface area is 85.1 Å². The van der Waals surface area contributed by atoms with Crippen molar-refractivity contribution in [1.82, 2.24) is 9.44 Å². The molecule has 0 bridgehead atoms. The van der Waals surface area contributed by atoms with Crippen LogP contribution in [-0.4, -0.2) is 31.7 Å². The SMILES string of the molecule is CC(C)NS(=O)(=O)NC1(CO)CCC1. The molecule has 0 spiro atoms. The summed E-state index contributed by atoms with van der Waals surface area (Å²) in [5.41, 5.74) is -0.610. The summed E-state index contributed by atoms with van der Waals surface area (Å²) in [4.78, 5) is 0. The van der Waals surface area contributed by atoms with Gasteiger partial charge in [0.25, 0.3) is 10.2 Å². The van der Waals surface area contributed by atoms with Crippen LogP contribution in [0.4, 0.5) is 0 Å². The van der Waals surface area contributed by atoms with Gasteiger partial charge in [-0.05, 0) is 33.1 Å². The van der Waals surface area contributed by atoms with Gasteiger partial charge in [0.2, 0.25) is 0 Å². The Morgan fingerprint density at radius 3 is 2.29 bits per heavy atom. The topological polar surface area (TPSA) is 78.4 Å². The molecule has 0 heterocycles. The summed E-state index contributed by atoms with van der Waals surface area (Å²) in [6.07, 6.45) is 2.38. The molecular weight excluding hydrogens is 204 g/mol. The Morgan fingerprint density at radius 2 is 2.00 bits per heavy atom. The number of rotatable bonds is 5. The van der Waals surface area contributed by atoms with Crippen molar-refractivity contribution in [3.8, 4) is 0 Å². The lowest BCUT2D eigenvalue weighted by molar-refractivity contribution is 0.110. The molecule has 14 heavy (non-hydrogen) atoms. The standard InChI is InChI=1S/C8H18N2O3S/c1-7(2)9-14(12,13)10-8(6-11)4-3-5-8/h7,9-11H,3-6H2,1-2H3. The van der Waals surface area contributed by atoms with Gasteiger partial charge in [0.1, 0.15) is 0 Å². The largest absolute Gasteiger partial charge is 0.394 e. The molecule has 1 fully saturated rings. The molecule has 5 nitrogen and oxygen atoms in total. The first-order valence-corrected chi connectivity index (χ1v) is 6.30. The lowest BCUT2D eigenvalue weighted by Gasteiger charge is -2.40.